The molecule has 0 aliphatic carbocycles. The Labute approximate surface area is 133 Å². The van der Waals surface area contributed by atoms with Crippen LogP contribution in [0, 0.1) is 0 Å². The van der Waals surface area contributed by atoms with Gasteiger partial charge in [0, 0.05) is 38.6 Å². The summed E-state index contributed by atoms with van der Waals surface area (Å²) >= 11 is 0. The van der Waals surface area contributed by atoms with E-state index in [2.05, 4.69) is 42.2 Å². The van der Waals surface area contributed by atoms with Crippen LogP contribution in [-0.4, -0.2) is 67.0 Å². The fourth-order valence-corrected chi connectivity index (χ4v) is 4.32. The van der Waals surface area contributed by atoms with Crippen LogP contribution in [0.2, 0.25) is 0 Å². The molecule has 0 unspecified atom stereocenters. The van der Waals surface area contributed by atoms with Crippen LogP contribution in [0.3, 0.4) is 0 Å². The van der Waals surface area contributed by atoms with Crippen LogP contribution in [0.4, 0.5) is 4.79 Å². The first-order valence-electron chi connectivity index (χ1n) is 8.34. The molecular weight excluding hydrogens is 274 g/mol. The Balaban J connectivity index is 1.90. The number of carbonyl (C=O) groups excluding carboxylic acids is 1. The molecule has 0 spiro atoms. The van der Waals surface area contributed by atoms with Crippen LogP contribution in [0.15, 0.2) is 30.3 Å². The fraction of sp³-hybridized carbons (Fsp3) is 0.611. The highest BCUT2D eigenvalue weighted by Gasteiger charge is 2.51. The third kappa shape index (κ3) is 2.39. The van der Waals surface area contributed by atoms with E-state index >= 15 is 0 Å². The number of likely N-dealkylation sites (tertiary alicyclic amines) is 2. The van der Waals surface area contributed by atoms with Gasteiger partial charge in [0.25, 0.3) is 0 Å². The molecule has 1 aromatic carbocycles. The number of rotatable bonds is 2. The number of likely N-dealkylation sites (N-methyl/N-ethyl adjacent to an activating group) is 1. The van der Waals surface area contributed by atoms with Gasteiger partial charge in [-0.05, 0) is 31.5 Å². The molecule has 0 saturated carbocycles. The molecule has 2 saturated heterocycles. The van der Waals surface area contributed by atoms with Gasteiger partial charge in [0.1, 0.15) is 0 Å². The standard InChI is InChI=1S/C18H27N3O/c1-4-20-12-10-18(15-8-6-5-7-9-15)11-13-21(14-16(18)20)17(22)19(2)3/h5-9,16H,4,10-14H2,1-3H3/t16-,18-/m1/s1. The zero-order valence-electron chi connectivity index (χ0n) is 14.0. The lowest BCUT2D eigenvalue weighted by Crippen LogP contribution is -2.58. The second-order valence-electron chi connectivity index (χ2n) is 6.79. The van der Waals surface area contributed by atoms with Crippen LogP contribution in [0.5, 0.6) is 0 Å². The number of nitrogens with zero attached hydrogens (tertiary/aromatic N) is 3. The Kier molecular flexibility index (Phi) is 4.13. The topological polar surface area (TPSA) is 26.8 Å². The van der Waals surface area contributed by atoms with E-state index in [1.807, 2.05) is 19.0 Å². The van der Waals surface area contributed by atoms with Gasteiger partial charge >= 0.3 is 6.03 Å². The molecule has 0 radical (unpaired) electrons. The van der Waals surface area contributed by atoms with Gasteiger partial charge in [0.2, 0.25) is 0 Å². The van der Waals surface area contributed by atoms with Gasteiger partial charge in [-0.3, -0.25) is 4.90 Å². The minimum absolute atomic E-state index is 0.143. The van der Waals surface area contributed by atoms with Crippen LogP contribution in [-0.2, 0) is 5.41 Å². The molecule has 4 heteroatoms. The third-order valence-corrected chi connectivity index (χ3v) is 5.55. The highest BCUT2D eigenvalue weighted by molar-refractivity contribution is 5.74. The molecule has 2 heterocycles. The van der Waals surface area contributed by atoms with E-state index in [0.29, 0.717) is 6.04 Å². The molecule has 120 valence electrons. The van der Waals surface area contributed by atoms with Crippen molar-refractivity contribution in [2.75, 3.05) is 40.3 Å². The fourth-order valence-electron chi connectivity index (χ4n) is 4.32. The molecule has 0 N–H and O–H groups in total. The monoisotopic (exact) mass is 301 g/mol. The zero-order valence-corrected chi connectivity index (χ0v) is 14.0. The smallest absolute Gasteiger partial charge is 0.319 e. The molecule has 2 amide bonds. The molecule has 0 bridgehead atoms. The Hall–Kier alpha value is -1.55. The van der Waals surface area contributed by atoms with E-state index in [0.717, 1.165) is 32.6 Å². The maximum Gasteiger partial charge on any atom is 0.319 e. The van der Waals surface area contributed by atoms with Crippen molar-refractivity contribution in [3.63, 3.8) is 0 Å². The predicted molar refractivity (Wildman–Crippen MR) is 89.0 cm³/mol. The lowest BCUT2D eigenvalue weighted by molar-refractivity contribution is 0.0906. The number of hydrogen-bond acceptors (Lipinski definition) is 2. The van der Waals surface area contributed by atoms with E-state index in [-0.39, 0.29) is 11.4 Å². The van der Waals surface area contributed by atoms with Gasteiger partial charge in [-0.2, -0.15) is 0 Å². The van der Waals surface area contributed by atoms with Crippen molar-refractivity contribution in [1.82, 2.24) is 14.7 Å². The molecular formula is C18H27N3O. The summed E-state index contributed by atoms with van der Waals surface area (Å²) in [6.07, 6.45) is 2.28. The summed E-state index contributed by atoms with van der Waals surface area (Å²) < 4.78 is 0. The van der Waals surface area contributed by atoms with Gasteiger partial charge in [0.05, 0.1) is 0 Å². The van der Waals surface area contributed by atoms with Crippen LogP contribution < -0.4 is 0 Å². The zero-order chi connectivity index (χ0) is 15.7. The maximum absolute atomic E-state index is 12.4. The van der Waals surface area contributed by atoms with E-state index in [4.69, 9.17) is 0 Å². The Morgan fingerprint density at radius 3 is 2.55 bits per heavy atom. The number of carbonyl (C=O) groups is 1. The molecule has 2 fully saturated rings. The average molecular weight is 301 g/mol. The first-order chi connectivity index (χ1) is 10.6. The van der Waals surface area contributed by atoms with Crippen molar-refractivity contribution in [3.05, 3.63) is 35.9 Å². The van der Waals surface area contributed by atoms with E-state index < -0.39 is 0 Å². The normalized spacial score (nSPS) is 28.5. The number of amides is 2. The van der Waals surface area contributed by atoms with E-state index in [1.54, 1.807) is 4.90 Å². The molecule has 2 aliphatic heterocycles. The van der Waals surface area contributed by atoms with Crippen molar-refractivity contribution in [2.45, 2.75) is 31.2 Å². The lowest BCUT2D eigenvalue weighted by Gasteiger charge is -2.47. The summed E-state index contributed by atoms with van der Waals surface area (Å²) in [7, 11) is 3.68. The second-order valence-corrected chi connectivity index (χ2v) is 6.79. The van der Waals surface area contributed by atoms with Crippen LogP contribution in [0.25, 0.3) is 0 Å². The van der Waals surface area contributed by atoms with Crippen molar-refractivity contribution < 1.29 is 4.79 Å². The average Bonchev–Trinajstić information content (AvgIpc) is 2.93. The van der Waals surface area contributed by atoms with Gasteiger partial charge in [-0.25, -0.2) is 4.79 Å². The lowest BCUT2D eigenvalue weighted by atomic mass is 9.69. The van der Waals surface area contributed by atoms with Crippen LogP contribution in [0.1, 0.15) is 25.3 Å². The SMILES string of the molecule is CCN1CC[C@]2(c3ccccc3)CCN(C(=O)N(C)C)C[C@@H]12. The number of piperidine rings is 1. The first-order valence-corrected chi connectivity index (χ1v) is 8.34. The predicted octanol–water partition coefficient (Wildman–Crippen LogP) is 2.41. The molecule has 2 atom stereocenters. The van der Waals surface area contributed by atoms with Crippen molar-refractivity contribution >= 4 is 6.03 Å². The highest BCUT2D eigenvalue weighted by Crippen LogP contribution is 2.45. The van der Waals surface area contributed by atoms with Crippen molar-refractivity contribution in [2.24, 2.45) is 0 Å². The molecule has 22 heavy (non-hydrogen) atoms. The Morgan fingerprint density at radius 2 is 1.91 bits per heavy atom. The van der Waals surface area contributed by atoms with Gasteiger partial charge in [-0.15, -0.1) is 0 Å². The molecule has 0 aromatic heterocycles. The number of benzene rings is 1. The van der Waals surface area contributed by atoms with Crippen LogP contribution >= 0.6 is 0 Å². The van der Waals surface area contributed by atoms with E-state index in [1.165, 1.54) is 12.0 Å². The summed E-state index contributed by atoms with van der Waals surface area (Å²) in [6.45, 7) is 6.14. The molecule has 4 nitrogen and oxygen atoms in total. The summed E-state index contributed by atoms with van der Waals surface area (Å²) in [5, 5.41) is 0. The highest BCUT2D eigenvalue weighted by atomic mass is 16.2. The summed E-state index contributed by atoms with van der Waals surface area (Å²) in [5.41, 5.74) is 1.67. The minimum atomic E-state index is 0.143. The second kappa shape index (κ2) is 5.92. The largest absolute Gasteiger partial charge is 0.331 e. The Bertz CT molecular complexity index is 530. The van der Waals surface area contributed by atoms with Crippen molar-refractivity contribution in [3.8, 4) is 0 Å². The van der Waals surface area contributed by atoms with Crippen molar-refractivity contribution in [1.29, 1.82) is 0 Å². The van der Waals surface area contributed by atoms with Gasteiger partial charge in [-0.1, -0.05) is 37.3 Å². The number of fused-ring (bicyclic) bond motifs is 1. The number of hydrogen-bond donors (Lipinski definition) is 0. The minimum Gasteiger partial charge on any atom is -0.331 e. The van der Waals surface area contributed by atoms with E-state index in [9.17, 15) is 4.79 Å². The molecule has 1 aromatic rings. The Morgan fingerprint density at radius 1 is 1.23 bits per heavy atom. The first kappa shape index (κ1) is 15.3. The maximum atomic E-state index is 12.4. The summed E-state index contributed by atoms with van der Waals surface area (Å²) in [5.74, 6) is 0. The third-order valence-electron chi connectivity index (χ3n) is 5.55. The summed E-state index contributed by atoms with van der Waals surface area (Å²) in [4.78, 5) is 18.6. The van der Waals surface area contributed by atoms with Gasteiger partial charge in [0.15, 0.2) is 0 Å². The number of urea groups is 1. The molecule has 2 aliphatic rings. The van der Waals surface area contributed by atoms with Gasteiger partial charge < -0.3 is 9.80 Å². The quantitative estimate of drug-likeness (QED) is 0.839. The molecule has 3 rings (SSSR count). The summed E-state index contributed by atoms with van der Waals surface area (Å²) in [6, 6.07) is 11.5.